The van der Waals surface area contributed by atoms with E-state index in [0.717, 1.165) is 10.9 Å². The standard InChI is InChI=1S/C12H14Cl2N2O/c1-12(2,3)11(17)8-9(14)7(13)4-6-5-15-16-10(6)8/h4-5,11,17H,1-3H3,(H,15,16). The highest BCUT2D eigenvalue weighted by molar-refractivity contribution is 6.43. The van der Waals surface area contributed by atoms with E-state index >= 15 is 0 Å². The molecule has 0 saturated heterocycles. The zero-order valence-electron chi connectivity index (χ0n) is 9.88. The van der Waals surface area contributed by atoms with Crippen molar-refractivity contribution in [3.63, 3.8) is 0 Å². The number of aromatic amines is 1. The van der Waals surface area contributed by atoms with Crippen LogP contribution < -0.4 is 0 Å². The molecule has 0 bridgehead atoms. The molecule has 0 aliphatic rings. The molecule has 1 heterocycles. The lowest BCUT2D eigenvalue weighted by molar-refractivity contribution is 0.0638. The van der Waals surface area contributed by atoms with Gasteiger partial charge in [0.25, 0.3) is 0 Å². The van der Waals surface area contributed by atoms with Gasteiger partial charge in [0.2, 0.25) is 0 Å². The first-order valence-electron chi connectivity index (χ1n) is 5.31. The Bertz CT molecular complexity index is 557. The average Bonchev–Trinajstić information content (AvgIpc) is 2.64. The van der Waals surface area contributed by atoms with Gasteiger partial charge in [0.15, 0.2) is 0 Å². The van der Waals surface area contributed by atoms with Crippen molar-refractivity contribution in [1.29, 1.82) is 0 Å². The van der Waals surface area contributed by atoms with Crippen LogP contribution in [-0.2, 0) is 0 Å². The van der Waals surface area contributed by atoms with Gasteiger partial charge in [-0.25, -0.2) is 0 Å². The third-order valence-electron chi connectivity index (χ3n) is 2.76. The van der Waals surface area contributed by atoms with E-state index in [1.165, 1.54) is 0 Å². The summed E-state index contributed by atoms with van der Waals surface area (Å²) < 4.78 is 0. The van der Waals surface area contributed by atoms with E-state index in [-0.39, 0.29) is 5.41 Å². The predicted molar refractivity (Wildman–Crippen MR) is 70.5 cm³/mol. The molecule has 0 radical (unpaired) electrons. The molecule has 0 aliphatic heterocycles. The van der Waals surface area contributed by atoms with Gasteiger partial charge in [0, 0.05) is 10.9 Å². The Morgan fingerprint density at radius 1 is 1.35 bits per heavy atom. The number of aliphatic hydroxyl groups is 1. The van der Waals surface area contributed by atoms with Crippen molar-refractivity contribution < 1.29 is 5.11 Å². The van der Waals surface area contributed by atoms with Gasteiger partial charge in [-0.2, -0.15) is 5.10 Å². The highest BCUT2D eigenvalue weighted by Crippen LogP contribution is 2.42. The van der Waals surface area contributed by atoms with Crippen molar-refractivity contribution in [2.75, 3.05) is 0 Å². The zero-order chi connectivity index (χ0) is 12.8. The third-order valence-corrected chi connectivity index (χ3v) is 3.56. The molecular weight excluding hydrogens is 259 g/mol. The molecule has 1 aromatic carbocycles. The topological polar surface area (TPSA) is 48.9 Å². The molecule has 92 valence electrons. The molecule has 17 heavy (non-hydrogen) atoms. The Kier molecular flexibility index (Phi) is 3.10. The minimum Gasteiger partial charge on any atom is -0.388 e. The van der Waals surface area contributed by atoms with E-state index in [0.29, 0.717) is 15.6 Å². The van der Waals surface area contributed by atoms with Gasteiger partial charge < -0.3 is 5.11 Å². The first kappa shape index (κ1) is 12.7. The molecule has 0 amide bonds. The molecule has 1 aromatic heterocycles. The lowest BCUT2D eigenvalue weighted by Crippen LogP contribution is -2.18. The fraction of sp³-hybridized carbons (Fsp3) is 0.417. The Hall–Kier alpha value is -0.770. The molecule has 0 aliphatic carbocycles. The van der Waals surface area contributed by atoms with Crippen LogP contribution >= 0.6 is 23.2 Å². The number of halogens is 2. The highest BCUT2D eigenvalue weighted by atomic mass is 35.5. The van der Waals surface area contributed by atoms with E-state index in [9.17, 15) is 5.11 Å². The summed E-state index contributed by atoms with van der Waals surface area (Å²) in [6.45, 7) is 5.82. The Morgan fingerprint density at radius 3 is 2.59 bits per heavy atom. The van der Waals surface area contributed by atoms with Crippen molar-refractivity contribution in [2.24, 2.45) is 5.41 Å². The fourth-order valence-corrected chi connectivity index (χ4v) is 2.22. The number of nitrogens with zero attached hydrogens (tertiary/aromatic N) is 1. The number of aromatic nitrogens is 2. The van der Waals surface area contributed by atoms with Crippen LogP contribution in [0.1, 0.15) is 32.4 Å². The molecule has 1 unspecified atom stereocenters. The van der Waals surface area contributed by atoms with E-state index in [1.54, 1.807) is 12.3 Å². The van der Waals surface area contributed by atoms with Crippen LogP contribution in [0.3, 0.4) is 0 Å². The summed E-state index contributed by atoms with van der Waals surface area (Å²) in [5, 5.41) is 18.9. The van der Waals surface area contributed by atoms with Crippen LogP contribution in [0.2, 0.25) is 10.0 Å². The Labute approximate surface area is 110 Å². The van der Waals surface area contributed by atoms with Crippen LogP contribution in [0.15, 0.2) is 12.3 Å². The maximum Gasteiger partial charge on any atom is 0.0874 e. The second-order valence-electron chi connectivity index (χ2n) is 5.19. The lowest BCUT2D eigenvalue weighted by atomic mass is 9.84. The smallest absolute Gasteiger partial charge is 0.0874 e. The first-order valence-corrected chi connectivity index (χ1v) is 6.07. The number of benzene rings is 1. The summed E-state index contributed by atoms with van der Waals surface area (Å²) in [4.78, 5) is 0. The van der Waals surface area contributed by atoms with Crippen LogP contribution in [0.25, 0.3) is 10.9 Å². The van der Waals surface area contributed by atoms with Gasteiger partial charge >= 0.3 is 0 Å². The summed E-state index contributed by atoms with van der Waals surface area (Å²) in [5.74, 6) is 0. The van der Waals surface area contributed by atoms with Gasteiger partial charge in [-0.1, -0.05) is 44.0 Å². The van der Waals surface area contributed by atoms with Crippen LogP contribution in [0.4, 0.5) is 0 Å². The molecule has 2 rings (SSSR count). The number of fused-ring (bicyclic) bond motifs is 1. The van der Waals surface area contributed by atoms with Gasteiger partial charge in [0.1, 0.15) is 0 Å². The summed E-state index contributed by atoms with van der Waals surface area (Å²) in [7, 11) is 0. The highest BCUT2D eigenvalue weighted by Gasteiger charge is 2.29. The monoisotopic (exact) mass is 272 g/mol. The van der Waals surface area contributed by atoms with Gasteiger partial charge in [-0.05, 0) is 11.5 Å². The van der Waals surface area contributed by atoms with E-state index < -0.39 is 6.10 Å². The summed E-state index contributed by atoms with van der Waals surface area (Å²) in [6, 6.07) is 1.74. The molecule has 0 fully saturated rings. The number of nitrogens with one attached hydrogen (secondary N) is 1. The second kappa shape index (κ2) is 4.16. The van der Waals surface area contributed by atoms with Crippen LogP contribution in [0.5, 0.6) is 0 Å². The summed E-state index contributed by atoms with van der Waals surface area (Å²) in [5.41, 5.74) is 1.02. The van der Waals surface area contributed by atoms with Gasteiger partial charge in [-0.3, -0.25) is 5.10 Å². The van der Waals surface area contributed by atoms with Crippen molar-refractivity contribution in [2.45, 2.75) is 26.9 Å². The summed E-state index contributed by atoms with van der Waals surface area (Å²) >= 11 is 12.2. The van der Waals surface area contributed by atoms with E-state index in [2.05, 4.69) is 10.2 Å². The van der Waals surface area contributed by atoms with Crippen LogP contribution in [-0.4, -0.2) is 15.3 Å². The lowest BCUT2D eigenvalue weighted by Gasteiger charge is -2.27. The molecule has 5 heteroatoms. The minimum absolute atomic E-state index is 0.327. The third kappa shape index (κ3) is 2.15. The van der Waals surface area contributed by atoms with Crippen molar-refractivity contribution in [3.05, 3.63) is 27.9 Å². The maximum absolute atomic E-state index is 10.4. The normalized spacial score (nSPS) is 14.2. The Balaban J connectivity index is 2.74. The van der Waals surface area contributed by atoms with Gasteiger partial charge in [0.05, 0.1) is 27.9 Å². The van der Waals surface area contributed by atoms with E-state index in [4.69, 9.17) is 23.2 Å². The average molecular weight is 273 g/mol. The van der Waals surface area contributed by atoms with Crippen molar-refractivity contribution in [1.82, 2.24) is 10.2 Å². The largest absolute Gasteiger partial charge is 0.388 e. The quantitative estimate of drug-likeness (QED) is 0.826. The number of H-pyrrole nitrogens is 1. The number of aliphatic hydroxyl groups excluding tert-OH is 1. The zero-order valence-corrected chi connectivity index (χ0v) is 11.4. The molecule has 0 saturated carbocycles. The second-order valence-corrected chi connectivity index (χ2v) is 5.97. The molecule has 2 N–H and O–H groups in total. The fourth-order valence-electron chi connectivity index (χ4n) is 1.75. The van der Waals surface area contributed by atoms with E-state index in [1.807, 2.05) is 20.8 Å². The molecule has 3 nitrogen and oxygen atoms in total. The molecule has 2 aromatic rings. The molecule has 1 atom stereocenters. The predicted octanol–water partition coefficient (Wildman–Crippen LogP) is 3.95. The Morgan fingerprint density at radius 2 is 2.00 bits per heavy atom. The van der Waals surface area contributed by atoms with Gasteiger partial charge in [-0.15, -0.1) is 0 Å². The number of hydrogen-bond donors (Lipinski definition) is 2. The number of hydrogen-bond acceptors (Lipinski definition) is 2. The minimum atomic E-state index is -0.711. The molecule has 0 spiro atoms. The SMILES string of the molecule is CC(C)(C)C(O)c1c(Cl)c(Cl)cc2cn[nH]c12. The number of rotatable bonds is 1. The van der Waals surface area contributed by atoms with Crippen molar-refractivity contribution >= 4 is 34.1 Å². The summed E-state index contributed by atoms with van der Waals surface area (Å²) in [6.07, 6.45) is 0.952. The maximum atomic E-state index is 10.4. The first-order chi connectivity index (χ1) is 7.82. The molecular formula is C12H14Cl2N2O. The van der Waals surface area contributed by atoms with Crippen LogP contribution in [0, 0.1) is 5.41 Å². The van der Waals surface area contributed by atoms with Crippen molar-refractivity contribution in [3.8, 4) is 0 Å².